The molecule has 0 amide bonds. The Morgan fingerprint density at radius 2 is 1.82 bits per heavy atom. The van der Waals surface area contributed by atoms with Gasteiger partial charge in [0.25, 0.3) is 0 Å². The van der Waals surface area contributed by atoms with Gasteiger partial charge in [-0.05, 0) is 54.6 Å². The van der Waals surface area contributed by atoms with Gasteiger partial charge < -0.3 is 10.3 Å². The third-order valence-corrected chi connectivity index (χ3v) is 5.92. The second-order valence-electron chi connectivity index (χ2n) is 7.89. The Morgan fingerprint density at radius 1 is 1.00 bits per heavy atom. The summed E-state index contributed by atoms with van der Waals surface area (Å²) in [5.41, 5.74) is 6.49. The van der Waals surface area contributed by atoms with Crippen molar-refractivity contribution in [3.63, 3.8) is 0 Å². The molecule has 7 heteroatoms. The molecule has 2 aromatic heterocycles. The third kappa shape index (κ3) is 4.61. The molecule has 0 unspecified atom stereocenters. The third-order valence-electron chi connectivity index (χ3n) is 5.69. The molecular weight excluding hydrogens is 444 g/mol. The highest BCUT2D eigenvalue weighted by Gasteiger charge is 2.14. The molecule has 34 heavy (non-hydrogen) atoms. The number of nitrogens with one attached hydrogen (secondary N) is 2. The van der Waals surface area contributed by atoms with E-state index in [1.54, 1.807) is 0 Å². The number of azo groups is 1. The fraction of sp³-hybridized carbons (Fsp3) is 0.111. The minimum Gasteiger partial charge on any atom is -0.385 e. The lowest BCUT2D eigenvalue weighted by molar-refractivity contribution is 0.907. The number of aromatic nitrogens is 2. The van der Waals surface area contributed by atoms with E-state index >= 15 is 0 Å². The lowest BCUT2D eigenvalue weighted by atomic mass is 10.1. The van der Waals surface area contributed by atoms with Crippen molar-refractivity contribution in [3.8, 4) is 6.07 Å². The Kier molecular flexibility index (Phi) is 6.19. The Hall–Kier alpha value is -4.21. The summed E-state index contributed by atoms with van der Waals surface area (Å²) in [6.07, 6.45) is 2.65. The van der Waals surface area contributed by atoms with E-state index in [0.717, 1.165) is 57.4 Å². The van der Waals surface area contributed by atoms with E-state index < -0.39 is 0 Å². The first-order chi connectivity index (χ1) is 16.7. The van der Waals surface area contributed by atoms with Gasteiger partial charge in [-0.15, -0.1) is 0 Å². The second kappa shape index (κ2) is 9.74. The fourth-order valence-corrected chi connectivity index (χ4v) is 4.16. The highest BCUT2D eigenvalue weighted by atomic mass is 35.5. The Labute approximate surface area is 201 Å². The van der Waals surface area contributed by atoms with Crippen LogP contribution in [-0.2, 0) is 13.0 Å². The molecule has 5 rings (SSSR count). The summed E-state index contributed by atoms with van der Waals surface area (Å²) in [6, 6.07) is 25.1. The molecule has 0 saturated heterocycles. The number of hydrogen-bond acceptors (Lipinski definition) is 5. The van der Waals surface area contributed by atoms with Crippen LogP contribution in [0.1, 0.15) is 16.8 Å². The topological polar surface area (TPSA) is 89.2 Å². The van der Waals surface area contributed by atoms with Crippen molar-refractivity contribution in [2.75, 3.05) is 11.9 Å². The van der Waals surface area contributed by atoms with E-state index in [-0.39, 0.29) is 0 Å². The van der Waals surface area contributed by atoms with Crippen LogP contribution < -0.4 is 5.32 Å². The van der Waals surface area contributed by atoms with Crippen LogP contribution in [0.25, 0.3) is 21.8 Å². The molecule has 166 valence electrons. The van der Waals surface area contributed by atoms with Crippen LogP contribution in [0.4, 0.5) is 11.4 Å². The molecule has 0 aliphatic heterocycles. The van der Waals surface area contributed by atoms with Crippen LogP contribution in [0.15, 0.2) is 89.2 Å². The Morgan fingerprint density at radius 3 is 2.62 bits per heavy atom. The number of hydrogen-bond donors (Lipinski definition) is 2. The van der Waals surface area contributed by atoms with Crippen LogP contribution in [0, 0.1) is 11.3 Å². The van der Waals surface area contributed by atoms with Gasteiger partial charge in [-0.25, -0.2) is 0 Å². The number of nitriles is 1. The Bertz CT molecular complexity index is 1510. The van der Waals surface area contributed by atoms with Gasteiger partial charge in [0.1, 0.15) is 0 Å². The number of nitrogens with zero attached hydrogens (tertiary/aromatic N) is 4. The summed E-state index contributed by atoms with van der Waals surface area (Å²) >= 11 is 6.18. The van der Waals surface area contributed by atoms with Gasteiger partial charge in [0.2, 0.25) is 0 Å². The molecule has 0 fully saturated rings. The van der Waals surface area contributed by atoms with Crippen molar-refractivity contribution >= 4 is 44.8 Å². The number of aromatic amines is 1. The number of fused-ring (bicyclic) bond motifs is 3. The number of pyridine rings is 1. The minimum absolute atomic E-state index is 0.446. The maximum Gasteiger partial charge on any atom is 0.0991 e. The zero-order chi connectivity index (χ0) is 23.3. The zero-order valence-electron chi connectivity index (χ0n) is 18.3. The molecule has 0 spiro atoms. The molecule has 6 nitrogen and oxygen atoms in total. The maximum atomic E-state index is 8.98. The molecule has 0 atom stereocenters. The van der Waals surface area contributed by atoms with Gasteiger partial charge in [-0.2, -0.15) is 15.5 Å². The molecule has 3 aromatic carbocycles. The summed E-state index contributed by atoms with van der Waals surface area (Å²) in [7, 11) is 0. The maximum absolute atomic E-state index is 8.98. The van der Waals surface area contributed by atoms with Crippen LogP contribution >= 0.6 is 11.6 Å². The van der Waals surface area contributed by atoms with Crippen molar-refractivity contribution < 1.29 is 0 Å². The normalized spacial score (nSPS) is 11.3. The predicted octanol–water partition coefficient (Wildman–Crippen LogP) is 7.18. The van der Waals surface area contributed by atoms with Crippen molar-refractivity contribution in [2.24, 2.45) is 10.2 Å². The van der Waals surface area contributed by atoms with Crippen molar-refractivity contribution in [1.82, 2.24) is 9.97 Å². The highest BCUT2D eigenvalue weighted by molar-refractivity contribution is 6.31. The molecular formula is C27H21ClN6. The van der Waals surface area contributed by atoms with E-state index in [9.17, 15) is 0 Å². The molecule has 0 aliphatic carbocycles. The quantitative estimate of drug-likeness (QED) is 0.250. The number of H-pyrrole nitrogens is 1. The SMILES string of the molecule is N#Cc1ccc(NCCc2[nH]c3c(cnc4cc(Cl)ccc43)c2CN=Nc2ccccc2)cc1. The molecule has 0 aliphatic rings. The standard InChI is InChI=1S/C27H21ClN6/c28-19-8-11-22-26(14-19)31-16-24-23(17-32-34-21-4-2-1-3-5-21)25(33-27(22)24)12-13-30-20-9-6-18(15-29)7-10-20/h1-11,14,16,30,33H,12-13,17H2. The van der Waals surface area contributed by atoms with E-state index in [1.165, 1.54) is 0 Å². The first-order valence-corrected chi connectivity index (χ1v) is 11.3. The molecule has 2 N–H and O–H groups in total. The van der Waals surface area contributed by atoms with Crippen LogP contribution in [0.2, 0.25) is 5.02 Å². The largest absolute Gasteiger partial charge is 0.385 e. The van der Waals surface area contributed by atoms with Crippen molar-refractivity contribution in [2.45, 2.75) is 13.0 Å². The summed E-state index contributed by atoms with van der Waals surface area (Å²) in [4.78, 5) is 8.25. The molecule has 0 radical (unpaired) electrons. The van der Waals surface area contributed by atoms with Crippen LogP contribution in [0.3, 0.4) is 0 Å². The van der Waals surface area contributed by atoms with Gasteiger partial charge in [0, 0.05) is 51.9 Å². The van der Waals surface area contributed by atoms with Crippen LogP contribution in [0.5, 0.6) is 0 Å². The average Bonchev–Trinajstić information content (AvgIpc) is 3.22. The monoisotopic (exact) mass is 464 g/mol. The number of rotatable bonds is 7. The number of halogens is 1. The van der Waals surface area contributed by atoms with Crippen LogP contribution in [-0.4, -0.2) is 16.5 Å². The fourth-order valence-electron chi connectivity index (χ4n) is 3.99. The number of benzene rings is 3. The van der Waals surface area contributed by atoms with E-state index in [1.807, 2.05) is 79.0 Å². The van der Waals surface area contributed by atoms with E-state index in [0.29, 0.717) is 17.1 Å². The minimum atomic E-state index is 0.446. The highest BCUT2D eigenvalue weighted by Crippen LogP contribution is 2.30. The summed E-state index contributed by atoms with van der Waals surface area (Å²) in [6.45, 7) is 1.17. The lowest BCUT2D eigenvalue weighted by Gasteiger charge is -2.07. The first-order valence-electron chi connectivity index (χ1n) is 11.0. The smallest absolute Gasteiger partial charge is 0.0991 e. The summed E-state index contributed by atoms with van der Waals surface area (Å²) in [5.74, 6) is 0. The Balaban J connectivity index is 1.45. The summed E-state index contributed by atoms with van der Waals surface area (Å²) < 4.78 is 0. The van der Waals surface area contributed by atoms with Gasteiger partial charge in [-0.3, -0.25) is 4.98 Å². The molecule has 0 saturated carbocycles. The molecule has 2 heterocycles. The summed E-state index contributed by atoms with van der Waals surface area (Å²) in [5, 5.41) is 24.0. The average molecular weight is 465 g/mol. The van der Waals surface area contributed by atoms with E-state index in [2.05, 4.69) is 31.6 Å². The van der Waals surface area contributed by atoms with Crippen molar-refractivity contribution in [1.29, 1.82) is 5.26 Å². The predicted molar refractivity (Wildman–Crippen MR) is 137 cm³/mol. The van der Waals surface area contributed by atoms with E-state index in [4.69, 9.17) is 16.9 Å². The van der Waals surface area contributed by atoms with Crippen molar-refractivity contribution in [3.05, 3.63) is 101 Å². The van der Waals surface area contributed by atoms with Gasteiger partial charge >= 0.3 is 0 Å². The van der Waals surface area contributed by atoms with Gasteiger partial charge in [-0.1, -0.05) is 29.8 Å². The molecule has 5 aromatic rings. The molecule has 0 bridgehead atoms. The zero-order valence-corrected chi connectivity index (χ0v) is 19.0. The first kappa shape index (κ1) is 21.6. The van der Waals surface area contributed by atoms with Gasteiger partial charge in [0.15, 0.2) is 0 Å². The van der Waals surface area contributed by atoms with Gasteiger partial charge in [0.05, 0.1) is 34.9 Å². The lowest BCUT2D eigenvalue weighted by Crippen LogP contribution is -2.06. The second-order valence-corrected chi connectivity index (χ2v) is 8.33. The number of anilines is 1.